The van der Waals surface area contributed by atoms with Crippen molar-refractivity contribution in [1.29, 1.82) is 5.26 Å². The van der Waals surface area contributed by atoms with Crippen molar-refractivity contribution in [2.45, 2.75) is 0 Å². The van der Waals surface area contributed by atoms with E-state index in [2.05, 4.69) is 10.6 Å². The van der Waals surface area contributed by atoms with Crippen LogP contribution >= 0.6 is 22.9 Å². The molecule has 106 valence electrons. The molecule has 0 spiro atoms. The number of rotatable bonds is 3. The van der Waals surface area contributed by atoms with Crippen LogP contribution in [0, 0.1) is 10.7 Å². The summed E-state index contributed by atoms with van der Waals surface area (Å²) in [7, 11) is 2.18. The summed E-state index contributed by atoms with van der Waals surface area (Å²) < 4.78 is 11.2. The Morgan fingerprint density at radius 3 is 2.40 bits per heavy atom. The standard InChI is InChI=1S/C12H11N3O3S.ClH/c1-17-8-3-7-4-11(12(14)15-16)19(6-13)10(7)5-9(8)18-2;/h3-5H,1-2H3,(H2-,14,15,16);1H/p+1. The van der Waals surface area contributed by atoms with Crippen LogP contribution in [0.2, 0.25) is 0 Å². The summed E-state index contributed by atoms with van der Waals surface area (Å²) in [6.45, 7) is 0. The summed E-state index contributed by atoms with van der Waals surface area (Å²) in [6, 6.07) is 5.23. The Bertz CT molecular complexity index is 706. The first-order chi connectivity index (χ1) is 9.15. The molecular formula is C12H13ClN3O3S+. The maximum atomic E-state index is 9.27. The second-order valence-corrected chi connectivity index (χ2v) is 5.31. The zero-order valence-corrected chi connectivity index (χ0v) is 12.4. The Labute approximate surface area is 124 Å². The van der Waals surface area contributed by atoms with Crippen LogP contribution in [0.1, 0.15) is 4.88 Å². The van der Waals surface area contributed by atoms with Crippen molar-refractivity contribution in [3.05, 3.63) is 23.1 Å². The smallest absolute Gasteiger partial charge is 0.350 e. The molecule has 0 aliphatic carbocycles. The molecule has 2 aromatic rings. The van der Waals surface area contributed by atoms with Gasteiger partial charge in [-0.3, -0.25) is 0 Å². The van der Waals surface area contributed by atoms with Gasteiger partial charge in [0.15, 0.2) is 11.5 Å². The molecule has 0 amide bonds. The van der Waals surface area contributed by atoms with Gasteiger partial charge >= 0.3 is 5.40 Å². The molecule has 0 radical (unpaired) electrons. The monoisotopic (exact) mass is 314 g/mol. The zero-order chi connectivity index (χ0) is 14.0. The molecule has 0 aliphatic heterocycles. The number of amidine groups is 1. The second kappa shape index (κ2) is 6.32. The molecule has 1 heterocycles. The van der Waals surface area contributed by atoms with Crippen LogP contribution in [0.25, 0.3) is 10.1 Å². The average molecular weight is 315 g/mol. The third kappa shape index (κ3) is 2.43. The molecular weight excluding hydrogens is 302 g/mol. The minimum Gasteiger partial charge on any atom is -0.493 e. The van der Waals surface area contributed by atoms with E-state index < -0.39 is 10.5 Å². The van der Waals surface area contributed by atoms with E-state index in [1.54, 1.807) is 18.2 Å². The molecule has 1 atom stereocenters. The summed E-state index contributed by atoms with van der Waals surface area (Å²) in [5.41, 5.74) is 5.59. The highest BCUT2D eigenvalue weighted by molar-refractivity contribution is 7.44. The molecule has 0 aliphatic rings. The lowest BCUT2D eigenvalue weighted by molar-refractivity contribution is 0.319. The van der Waals surface area contributed by atoms with Gasteiger partial charge in [-0.05, 0) is 6.07 Å². The van der Waals surface area contributed by atoms with E-state index in [4.69, 9.17) is 20.4 Å². The quantitative estimate of drug-likeness (QED) is 0.298. The molecule has 1 unspecified atom stereocenters. The molecule has 0 saturated heterocycles. The van der Waals surface area contributed by atoms with Gasteiger partial charge in [-0.25, -0.2) is 0 Å². The molecule has 3 N–H and O–H groups in total. The Balaban J connectivity index is 0.00000200. The molecule has 2 rings (SSSR count). The van der Waals surface area contributed by atoms with Gasteiger partial charge in [-0.15, -0.1) is 17.7 Å². The minimum atomic E-state index is -0.884. The molecule has 1 aromatic heterocycles. The summed E-state index contributed by atoms with van der Waals surface area (Å²) >= 11 is 0. The van der Waals surface area contributed by atoms with Gasteiger partial charge in [-0.2, -0.15) is 0 Å². The topological polar surface area (TPSA) is 101 Å². The number of hydrogen-bond acceptors (Lipinski definition) is 5. The minimum absolute atomic E-state index is 0. The highest BCUT2D eigenvalue weighted by Gasteiger charge is 2.26. The number of nitrogens with two attached hydrogens (primary N) is 1. The van der Waals surface area contributed by atoms with E-state index in [1.807, 2.05) is 0 Å². The maximum absolute atomic E-state index is 9.27. The summed E-state index contributed by atoms with van der Waals surface area (Å²) in [6.07, 6.45) is 0. The van der Waals surface area contributed by atoms with Crippen LogP contribution in [0.4, 0.5) is 0 Å². The van der Waals surface area contributed by atoms with Gasteiger partial charge in [-0.1, -0.05) is 5.16 Å². The maximum Gasteiger partial charge on any atom is 0.350 e. The van der Waals surface area contributed by atoms with E-state index in [-0.39, 0.29) is 18.2 Å². The molecule has 0 saturated carbocycles. The third-order valence-electron chi connectivity index (χ3n) is 2.69. The SMILES string of the molecule is COc1cc2cc(C(N)=NO)[s+](C#N)c2cc1OC.Cl. The van der Waals surface area contributed by atoms with Crippen molar-refractivity contribution in [3.8, 4) is 16.9 Å². The lowest BCUT2D eigenvalue weighted by Gasteiger charge is -2.05. The van der Waals surface area contributed by atoms with Crippen molar-refractivity contribution >= 4 is 38.8 Å². The first kappa shape index (κ1) is 15.9. The number of nitrogens with zero attached hydrogens (tertiary/aromatic N) is 2. The summed E-state index contributed by atoms with van der Waals surface area (Å²) in [5.74, 6) is 1.06. The zero-order valence-electron chi connectivity index (χ0n) is 10.8. The van der Waals surface area contributed by atoms with E-state index in [0.29, 0.717) is 16.4 Å². The van der Waals surface area contributed by atoms with Crippen LogP contribution in [0.3, 0.4) is 0 Å². The predicted octanol–water partition coefficient (Wildman–Crippen LogP) is 2.45. The van der Waals surface area contributed by atoms with Crippen LogP contribution < -0.4 is 15.2 Å². The predicted molar refractivity (Wildman–Crippen MR) is 80.3 cm³/mol. The van der Waals surface area contributed by atoms with Gasteiger partial charge in [0.1, 0.15) is 10.5 Å². The third-order valence-corrected chi connectivity index (χ3v) is 4.44. The van der Waals surface area contributed by atoms with Crippen molar-refractivity contribution in [2.75, 3.05) is 14.2 Å². The molecule has 8 heteroatoms. The van der Waals surface area contributed by atoms with Crippen molar-refractivity contribution in [3.63, 3.8) is 0 Å². The molecule has 0 bridgehead atoms. The number of fused-ring (bicyclic) bond motifs is 1. The summed E-state index contributed by atoms with van der Waals surface area (Å²) in [4.78, 5) is 0.496. The Morgan fingerprint density at radius 2 is 1.90 bits per heavy atom. The lowest BCUT2D eigenvalue weighted by Crippen LogP contribution is -2.11. The number of nitriles is 1. The van der Waals surface area contributed by atoms with Crippen LogP contribution in [0.15, 0.2) is 23.4 Å². The number of methoxy groups -OCH3 is 2. The van der Waals surface area contributed by atoms with Gasteiger partial charge in [0.25, 0.3) is 0 Å². The van der Waals surface area contributed by atoms with Crippen molar-refractivity contribution < 1.29 is 14.7 Å². The van der Waals surface area contributed by atoms with Crippen molar-refractivity contribution in [2.24, 2.45) is 10.9 Å². The second-order valence-electron chi connectivity index (χ2n) is 3.64. The normalized spacial score (nSPS) is 11.7. The van der Waals surface area contributed by atoms with E-state index >= 15 is 0 Å². The van der Waals surface area contributed by atoms with E-state index in [1.165, 1.54) is 14.2 Å². The molecule has 1 aromatic carbocycles. The molecule has 0 fully saturated rings. The number of halogens is 1. The first-order valence-electron chi connectivity index (χ1n) is 5.26. The fraction of sp³-hybridized carbons (Fsp3) is 0.167. The van der Waals surface area contributed by atoms with Crippen LogP contribution in [-0.4, -0.2) is 25.3 Å². The number of ether oxygens (including phenoxy) is 2. The van der Waals surface area contributed by atoms with E-state index in [9.17, 15) is 5.26 Å². The number of oxime groups is 1. The number of thiophene rings is 1. The Morgan fingerprint density at radius 1 is 1.30 bits per heavy atom. The van der Waals surface area contributed by atoms with Crippen molar-refractivity contribution in [1.82, 2.24) is 0 Å². The highest BCUT2D eigenvalue weighted by Crippen LogP contribution is 2.41. The number of benzene rings is 1. The van der Waals surface area contributed by atoms with Crippen LogP contribution in [-0.2, 0) is 0 Å². The summed E-state index contributed by atoms with van der Waals surface area (Å²) in [5, 5.41) is 24.0. The number of hydrogen-bond donors (Lipinski definition) is 2. The molecule has 6 nitrogen and oxygen atoms in total. The first-order valence-corrected chi connectivity index (χ1v) is 6.48. The van der Waals surface area contributed by atoms with E-state index in [0.717, 1.165) is 10.1 Å². The Hall–Kier alpha value is -2.17. The van der Waals surface area contributed by atoms with Gasteiger partial charge in [0, 0.05) is 17.5 Å². The van der Waals surface area contributed by atoms with Crippen LogP contribution in [0.5, 0.6) is 11.5 Å². The fourth-order valence-electron chi connectivity index (χ4n) is 1.81. The lowest BCUT2D eigenvalue weighted by atomic mass is 10.2. The average Bonchev–Trinajstić information content (AvgIpc) is 2.81. The van der Waals surface area contributed by atoms with Gasteiger partial charge in [0.2, 0.25) is 15.4 Å². The largest absolute Gasteiger partial charge is 0.493 e. The highest BCUT2D eigenvalue weighted by atomic mass is 35.5. The molecule has 20 heavy (non-hydrogen) atoms. The van der Waals surface area contributed by atoms with Gasteiger partial charge in [0.05, 0.1) is 14.2 Å². The fourth-order valence-corrected chi connectivity index (χ4v) is 3.32. The Kier molecular flexibility index (Phi) is 5.02. The van der Waals surface area contributed by atoms with Gasteiger partial charge < -0.3 is 20.4 Å².